The summed E-state index contributed by atoms with van der Waals surface area (Å²) in [6, 6.07) is 0. The number of rotatable bonds is 3. The van der Waals surface area contributed by atoms with Crippen molar-refractivity contribution in [3.63, 3.8) is 0 Å². The minimum Gasteiger partial charge on any atom is -0.0591 e. The van der Waals surface area contributed by atoms with Gasteiger partial charge in [0.05, 0.1) is 0 Å². The Morgan fingerprint density at radius 2 is 1.19 bits per heavy atom. The van der Waals surface area contributed by atoms with Gasteiger partial charge in [0.2, 0.25) is 0 Å². The highest BCUT2D eigenvalue weighted by atomic mass is 14.4. The Morgan fingerprint density at radius 3 is 1.50 bits per heavy atom. The molecule has 0 aromatic heterocycles. The zero-order valence-electron chi connectivity index (χ0n) is 11.1. The van der Waals surface area contributed by atoms with Gasteiger partial charge in [-0.2, -0.15) is 0 Å². The molecule has 2 fully saturated rings. The fourth-order valence-electron chi connectivity index (χ4n) is 4.27. The van der Waals surface area contributed by atoms with E-state index in [-0.39, 0.29) is 0 Å². The molecule has 0 amide bonds. The third kappa shape index (κ3) is 2.46. The van der Waals surface area contributed by atoms with Crippen molar-refractivity contribution < 1.29 is 0 Å². The fraction of sp³-hybridized carbons (Fsp3) is 0.938. The molecule has 0 heteroatoms. The molecule has 0 bridgehead atoms. The molecule has 2 saturated carbocycles. The first-order valence-corrected chi connectivity index (χ1v) is 7.56. The zero-order chi connectivity index (χ0) is 11.4. The molecule has 0 saturated heterocycles. The summed E-state index contributed by atoms with van der Waals surface area (Å²) in [4.78, 5) is 0. The van der Waals surface area contributed by atoms with Gasteiger partial charge in [0.25, 0.3) is 0 Å². The van der Waals surface area contributed by atoms with Crippen molar-refractivity contribution in [1.82, 2.24) is 0 Å². The summed E-state index contributed by atoms with van der Waals surface area (Å²) in [5, 5.41) is 0. The average molecular weight is 221 g/mol. The van der Waals surface area contributed by atoms with Crippen LogP contribution in [0, 0.1) is 24.2 Å². The number of hydrogen-bond acceptors (Lipinski definition) is 0. The van der Waals surface area contributed by atoms with Gasteiger partial charge in [-0.05, 0) is 49.4 Å². The van der Waals surface area contributed by atoms with E-state index in [0.717, 1.165) is 11.8 Å². The van der Waals surface area contributed by atoms with Crippen molar-refractivity contribution in [2.75, 3.05) is 0 Å². The van der Waals surface area contributed by atoms with E-state index in [1.54, 1.807) is 0 Å². The highest BCUT2D eigenvalue weighted by Crippen LogP contribution is 2.50. The smallest absolute Gasteiger partial charge is 0.0269 e. The molecule has 0 heterocycles. The Hall–Kier alpha value is 0. The molecule has 2 rings (SSSR count). The summed E-state index contributed by atoms with van der Waals surface area (Å²) in [6.45, 7) is 6.87. The monoisotopic (exact) mass is 221 g/mol. The van der Waals surface area contributed by atoms with Crippen molar-refractivity contribution in [2.24, 2.45) is 17.3 Å². The van der Waals surface area contributed by atoms with E-state index in [1.807, 2.05) is 0 Å². The van der Waals surface area contributed by atoms with E-state index in [9.17, 15) is 0 Å². The van der Waals surface area contributed by atoms with Crippen LogP contribution >= 0.6 is 0 Å². The predicted molar refractivity (Wildman–Crippen MR) is 71.2 cm³/mol. The van der Waals surface area contributed by atoms with Crippen LogP contribution < -0.4 is 0 Å². The third-order valence-corrected chi connectivity index (χ3v) is 5.61. The van der Waals surface area contributed by atoms with Crippen LogP contribution in [0.15, 0.2) is 0 Å². The molecule has 0 unspecified atom stereocenters. The van der Waals surface area contributed by atoms with Crippen LogP contribution in [0.3, 0.4) is 0 Å². The zero-order valence-corrected chi connectivity index (χ0v) is 11.1. The van der Waals surface area contributed by atoms with Gasteiger partial charge in [-0.15, -0.1) is 0 Å². The molecule has 1 radical (unpaired) electrons. The predicted octanol–water partition coefficient (Wildman–Crippen LogP) is 5.38. The molecule has 0 N–H and O–H groups in total. The maximum Gasteiger partial charge on any atom is -0.0269 e. The molecular formula is C16H29. The van der Waals surface area contributed by atoms with Crippen LogP contribution in [0.1, 0.15) is 77.6 Å². The van der Waals surface area contributed by atoms with Gasteiger partial charge in [0, 0.05) is 0 Å². The largest absolute Gasteiger partial charge is 0.0591 e. The van der Waals surface area contributed by atoms with Crippen LogP contribution in [0.5, 0.6) is 0 Å². The first kappa shape index (κ1) is 12.5. The molecule has 2 aliphatic rings. The average Bonchev–Trinajstić information content (AvgIpc) is 2.40. The van der Waals surface area contributed by atoms with Gasteiger partial charge in [-0.1, -0.05) is 52.4 Å². The highest BCUT2D eigenvalue weighted by molar-refractivity contribution is 4.91. The minimum atomic E-state index is 0.570. The lowest BCUT2D eigenvalue weighted by atomic mass is 9.59. The van der Waals surface area contributed by atoms with E-state index in [0.29, 0.717) is 5.41 Å². The normalized spacial score (nSPS) is 25.9. The molecule has 0 aliphatic heterocycles. The molecule has 0 aromatic carbocycles. The van der Waals surface area contributed by atoms with Crippen molar-refractivity contribution in [2.45, 2.75) is 77.6 Å². The first-order chi connectivity index (χ1) is 7.77. The second-order valence-electron chi connectivity index (χ2n) is 6.43. The van der Waals surface area contributed by atoms with Gasteiger partial charge in [0.1, 0.15) is 0 Å². The maximum atomic E-state index is 4.31. The summed E-state index contributed by atoms with van der Waals surface area (Å²) < 4.78 is 0. The Kier molecular flexibility index (Phi) is 4.33. The van der Waals surface area contributed by atoms with Gasteiger partial charge >= 0.3 is 0 Å². The Labute approximate surface area is 102 Å². The molecular weight excluding hydrogens is 192 g/mol. The third-order valence-electron chi connectivity index (χ3n) is 5.61. The highest BCUT2D eigenvalue weighted by Gasteiger charge is 2.40. The first-order valence-electron chi connectivity index (χ1n) is 7.56. The van der Waals surface area contributed by atoms with E-state index < -0.39 is 0 Å². The van der Waals surface area contributed by atoms with Crippen LogP contribution in [0.2, 0.25) is 0 Å². The Morgan fingerprint density at radius 1 is 0.812 bits per heavy atom. The van der Waals surface area contributed by atoms with E-state index in [2.05, 4.69) is 13.8 Å². The van der Waals surface area contributed by atoms with Crippen LogP contribution in [-0.4, -0.2) is 0 Å². The lowest BCUT2D eigenvalue weighted by molar-refractivity contribution is 0.0421. The number of hydrogen-bond donors (Lipinski definition) is 0. The standard InChI is InChI=1S/C16H29/c1-3-16(2,14-10-6-4-7-11-14)15-12-8-5-9-13-15/h14-15H,1,3-13H2,2H3. The van der Waals surface area contributed by atoms with E-state index in [1.165, 1.54) is 70.6 Å². The van der Waals surface area contributed by atoms with Gasteiger partial charge < -0.3 is 0 Å². The van der Waals surface area contributed by atoms with Crippen molar-refractivity contribution in [1.29, 1.82) is 0 Å². The lowest BCUT2D eigenvalue weighted by Crippen LogP contribution is -2.37. The van der Waals surface area contributed by atoms with Gasteiger partial charge in [-0.3, -0.25) is 0 Å². The summed E-state index contributed by atoms with van der Waals surface area (Å²) >= 11 is 0. The topological polar surface area (TPSA) is 0 Å². The second kappa shape index (κ2) is 5.56. The summed E-state index contributed by atoms with van der Waals surface area (Å²) in [7, 11) is 0. The molecule has 0 nitrogen and oxygen atoms in total. The quantitative estimate of drug-likeness (QED) is 0.600. The van der Waals surface area contributed by atoms with Crippen molar-refractivity contribution in [3.8, 4) is 0 Å². The SMILES string of the molecule is [CH2]CC(C)(C1CCCCC1)C1CCCCC1. The van der Waals surface area contributed by atoms with Crippen molar-refractivity contribution in [3.05, 3.63) is 6.92 Å². The molecule has 93 valence electrons. The fourth-order valence-corrected chi connectivity index (χ4v) is 4.27. The molecule has 0 aromatic rings. The lowest BCUT2D eigenvalue weighted by Gasteiger charge is -2.47. The molecule has 0 spiro atoms. The molecule has 0 atom stereocenters. The maximum absolute atomic E-state index is 4.31. The molecule has 16 heavy (non-hydrogen) atoms. The summed E-state index contributed by atoms with van der Waals surface area (Å²) in [6.07, 6.45) is 16.0. The summed E-state index contributed by atoms with van der Waals surface area (Å²) in [5.41, 5.74) is 0.570. The van der Waals surface area contributed by atoms with E-state index >= 15 is 0 Å². The van der Waals surface area contributed by atoms with E-state index in [4.69, 9.17) is 0 Å². The van der Waals surface area contributed by atoms with Gasteiger partial charge in [0.15, 0.2) is 0 Å². The Balaban J connectivity index is 2.03. The molecule has 2 aliphatic carbocycles. The van der Waals surface area contributed by atoms with Crippen LogP contribution in [-0.2, 0) is 0 Å². The van der Waals surface area contributed by atoms with Crippen LogP contribution in [0.4, 0.5) is 0 Å². The van der Waals surface area contributed by atoms with Crippen molar-refractivity contribution >= 4 is 0 Å². The van der Waals surface area contributed by atoms with Gasteiger partial charge in [-0.25, -0.2) is 0 Å². The Bertz CT molecular complexity index is 176. The van der Waals surface area contributed by atoms with Crippen LogP contribution in [0.25, 0.3) is 0 Å². The second-order valence-corrected chi connectivity index (χ2v) is 6.43. The summed E-state index contributed by atoms with van der Waals surface area (Å²) in [5.74, 6) is 1.98. The minimum absolute atomic E-state index is 0.570.